The van der Waals surface area contributed by atoms with Crippen molar-refractivity contribution in [1.29, 1.82) is 0 Å². The molecule has 31 heavy (non-hydrogen) atoms. The van der Waals surface area contributed by atoms with Crippen molar-refractivity contribution in [3.63, 3.8) is 0 Å². The highest BCUT2D eigenvalue weighted by atomic mass is 16.1. The van der Waals surface area contributed by atoms with Gasteiger partial charge in [-0.3, -0.25) is 24.0 Å². The molecule has 0 amide bonds. The Kier molecular flexibility index (Phi) is 9.82. The van der Waals surface area contributed by atoms with Gasteiger partial charge in [-0.2, -0.15) is 0 Å². The third-order valence-electron chi connectivity index (χ3n) is 5.04. The maximum Gasteiger partial charge on any atom is 0.134 e. The number of rotatable bonds is 13. The summed E-state index contributed by atoms with van der Waals surface area (Å²) >= 11 is 0. The molecule has 0 saturated carbocycles. The van der Waals surface area contributed by atoms with E-state index in [1.807, 2.05) is 0 Å². The Morgan fingerprint density at radius 3 is 0.806 bits per heavy atom. The first-order chi connectivity index (χ1) is 14.3. The van der Waals surface area contributed by atoms with Gasteiger partial charge in [0.25, 0.3) is 0 Å². The van der Waals surface area contributed by atoms with Crippen LogP contribution in [0.15, 0.2) is 0 Å². The summed E-state index contributed by atoms with van der Waals surface area (Å²) in [6, 6.07) is 0. The lowest BCUT2D eigenvalue weighted by atomic mass is 9.77. The van der Waals surface area contributed by atoms with Gasteiger partial charge >= 0.3 is 0 Å². The van der Waals surface area contributed by atoms with Crippen LogP contribution in [0.2, 0.25) is 0 Å². The summed E-state index contributed by atoms with van der Waals surface area (Å²) in [5.74, 6) is -0.725. The number of hydrogen-bond acceptors (Lipinski definition) is 6. The molecule has 0 aliphatic heterocycles. The van der Waals surface area contributed by atoms with Crippen molar-refractivity contribution in [2.45, 2.75) is 86.5 Å². The Morgan fingerprint density at radius 1 is 0.387 bits per heavy atom. The van der Waals surface area contributed by atoms with Gasteiger partial charge < -0.3 is 4.79 Å². The fraction of sp³-hybridized carbons (Fsp3) is 0.520. The quantitative estimate of drug-likeness (QED) is 0.479. The summed E-state index contributed by atoms with van der Waals surface area (Å²) < 4.78 is 0. The molecule has 1 rings (SSSR count). The molecular weight excluding hydrogens is 396 g/mol. The molecule has 0 fully saturated rings. The second-order valence-electron chi connectivity index (χ2n) is 8.47. The molecule has 1 aromatic rings. The molecule has 0 heterocycles. The van der Waals surface area contributed by atoms with E-state index in [1.54, 1.807) is 0 Å². The van der Waals surface area contributed by atoms with Crippen LogP contribution in [0.1, 0.15) is 81.3 Å². The highest BCUT2D eigenvalue weighted by Gasteiger charge is 2.26. The first-order valence-corrected chi connectivity index (χ1v) is 10.5. The van der Waals surface area contributed by atoms with Crippen molar-refractivity contribution in [2.75, 3.05) is 0 Å². The van der Waals surface area contributed by atoms with Gasteiger partial charge in [-0.25, -0.2) is 0 Å². The molecule has 0 radical (unpaired) electrons. The van der Waals surface area contributed by atoms with E-state index in [-0.39, 0.29) is 73.2 Å². The van der Waals surface area contributed by atoms with Gasteiger partial charge in [-0.05, 0) is 81.3 Å². The lowest BCUT2D eigenvalue weighted by Gasteiger charge is -2.26. The van der Waals surface area contributed by atoms with Gasteiger partial charge in [0.05, 0.1) is 0 Å². The smallest absolute Gasteiger partial charge is 0.134 e. The first-order valence-electron chi connectivity index (χ1n) is 10.5. The lowest BCUT2D eigenvalue weighted by molar-refractivity contribution is -0.118. The van der Waals surface area contributed by atoms with Crippen LogP contribution in [-0.4, -0.2) is 34.7 Å². The van der Waals surface area contributed by atoms with E-state index in [9.17, 15) is 28.8 Å². The van der Waals surface area contributed by atoms with Crippen LogP contribution in [0, 0.1) is 0 Å². The van der Waals surface area contributed by atoms with Crippen LogP contribution in [0.25, 0.3) is 0 Å². The van der Waals surface area contributed by atoms with Crippen molar-refractivity contribution in [2.24, 2.45) is 0 Å². The molecule has 0 spiro atoms. The van der Waals surface area contributed by atoms with E-state index in [1.165, 1.54) is 41.5 Å². The Morgan fingerprint density at radius 2 is 0.613 bits per heavy atom. The zero-order valence-electron chi connectivity index (χ0n) is 19.4. The van der Waals surface area contributed by atoms with Crippen molar-refractivity contribution >= 4 is 34.7 Å². The van der Waals surface area contributed by atoms with E-state index in [0.717, 1.165) is 0 Å². The normalized spacial score (nSPS) is 10.6. The van der Waals surface area contributed by atoms with Crippen LogP contribution in [-0.2, 0) is 67.3 Å². The maximum absolute atomic E-state index is 12.1. The molecule has 0 atom stereocenters. The molecule has 0 aliphatic rings. The van der Waals surface area contributed by atoms with Crippen molar-refractivity contribution < 1.29 is 28.8 Å². The first kappa shape index (κ1) is 26.3. The summed E-state index contributed by atoms with van der Waals surface area (Å²) in [5.41, 5.74) is 3.64. The number of hydrogen-bond donors (Lipinski definition) is 0. The lowest BCUT2D eigenvalue weighted by Crippen LogP contribution is -2.21. The topological polar surface area (TPSA) is 102 Å². The van der Waals surface area contributed by atoms with Gasteiger partial charge in [0.2, 0.25) is 0 Å². The van der Waals surface area contributed by atoms with Crippen molar-refractivity contribution in [3.05, 3.63) is 33.4 Å². The molecule has 0 saturated heterocycles. The van der Waals surface area contributed by atoms with Gasteiger partial charge in [0, 0.05) is 38.5 Å². The summed E-state index contributed by atoms with van der Waals surface area (Å²) in [6.07, 6.45) is 0.622. The SMILES string of the molecule is CC(=O)CCc1c(CC(C)=O)c(CC(C)=O)c(CC(C)=O)c(CC(C)=O)c1CC(C)=O. The number of carbonyl (C=O) groups excluding carboxylic acids is 6. The van der Waals surface area contributed by atoms with E-state index < -0.39 is 0 Å². The van der Waals surface area contributed by atoms with Gasteiger partial charge in [-0.15, -0.1) is 0 Å². The summed E-state index contributed by atoms with van der Waals surface area (Å²) in [4.78, 5) is 72.3. The molecule has 0 aliphatic carbocycles. The van der Waals surface area contributed by atoms with E-state index in [2.05, 4.69) is 0 Å². The van der Waals surface area contributed by atoms with E-state index in [4.69, 9.17) is 0 Å². The maximum atomic E-state index is 12.1. The summed E-state index contributed by atoms with van der Waals surface area (Å²) in [5, 5.41) is 0. The van der Waals surface area contributed by atoms with E-state index in [0.29, 0.717) is 39.8 Å². The van der Waals surface area contributed by atoms with Crippen LogP contribution >= 0.6 is 0 Å². The van der Waals surface area contributed by atoms with Gasteiger partial charge in [0.15, 0.2) is 0 Å². The molecule has 0 N–H and O–H groups in total. The zero-order valence-corrected chi connectivity index (χ0v) is 19.4. The van der Waals surface area contributed by atoms with Crippen LogP contribution in [0.5, 0.6) is 0 Å². The molecule has 1 aromatic carbocycles. The minimum Gasteiger partial charge on any atom is -0.300 e. The van der Waals surface area contributed by atoms with E-state index >= 15 is 0 Å². The Labute approximate surface area is 183 Å². The fourth-order valence-corrected chi connectivity index (χ4v) is 4.01. The molecule has 6 heteroatoms. The minimum absolute atomic E-state index is 0.00796. The number of benzene rings is 1. The third kappa shape index (κ3) is 8.12. The predicted molar refractivity (Wildman–Crippen MR) is 117 cm³/mol. The van der Waals surface area contributed by atoms with Gasteiger partial charge in [-0.1, -0.05) is 0 Å². The number of Topliss-reactive ketones (excluding diaryl/α,β-unsaturated/α-hetero) is 6. The number of carbonyl (C=O) groups is 6. The summed E-state index contributed by atoms with van der Waals surface area (Å²) in [6.45, 7) is 8.62. The van der Waals surface area contributed by atoms with Gasteiger partial charge in [0.1, 0.15) is 34.7 Å². The largest absolute Gasteiger partial charge is 0.300 e. The Hall–Kier alpha value is -2.76. The average Bonchev–Trinajstić information content (AvgIpc) is 2.58. The minimum atomic E-state index is -0.145. The van der Waals surface area contributed by atoms with Crippen LogP contribution in [0.4, 0.5) is 0 Å². The standard InChI is InChI=1S/C25H32O6/c1-14(26)7-8-20-21(9-15(2)27)23(11-17(4)29)25(13-19(6)31)24(12-18(5)30)22(20)10-16(3)28/h7-13H2,1-6H3. The highest BCUT2D eigenvalue weighted by Crippen LogP contribution is 2.33. The molecule has 168 valence electrons. The predicted octanol–water partition coefficient (Wildman–Crippen LogP) is 2.87. The fourth-order valence-electron chi connectivity index (χ4n) is 4.01. The Balaban J connectivity index is 4.15. The van der Waals surface area contributed by atoms with Crippen LogP contribution < -0.4 is 0 Å². The third-order valence-corrected chi connectivity index (χ3v) is 5.04. The second kappa shape index (κ2) is 11.6. The molecule has 0 bridgehead atoms. The van der Waals surface area contributed by atoms with Crippen molar-refractivity contribution in [3.8, 4) is 0 Å². The monoisotopic (exact) mass is 428 g/mol. The Bertz CT molecular complexity index is 879. The molecule has 6 nitrogen and oxygen atoms in total. The highest BCUT2D eigenvalue weighted by molar-refractivity contribution is 5.89. The molecular formula is C25H32O6. The van der Waals surface area contributed by atoms with Crippen molar-refractivity contribution in [1.82, 2.24) is 0 Å². The zero-order chi connectivity index (χ0) is 23.9. The van der Waals surface area contributed by atoms with Crippen LogP contribution in [0.3, 0.4) is 0 Å². The molecule has 0 unspecified atom stereocenters. The molecule has 0 aromatic heterocycles. The number of ketones is 6. The average molecular weight is 429 g/mol. The second-order valence-corrected chi connectivity index (χ2v) is 8.47. The summed E-state index contributed by atoms with van der Waals surface area (Å²) in [7, 11) is 0.